The van der Waals surface area contributed by atoms with Crippen LogP contribution in [0.2, 0.25) is 0 Å². The van der Waals surface area contributed by atoms with Gasteiger partial charge in [-0.15, -0.1) is 0 Å². The molecule has 0 aliphatic rings. The zero-order valence-corrected chi connectivity index (χ0v) is 13.5. The molecule has 0 bridgehead atoms. The third kappa shape index (κ3) is 3.91. The van der Waals surface area contributed by atoms with E-state index in [1.54, 1.807) is 13.2 Å². The molecule has 0 amide bonds. The zero-order chi connectivity index (χ0) is 16.8. The maximum atomic E-state index is 11.7. The van der Waals surface area contributed by atoms with Crippen molar-refractivity contribution in [2.75, 3.05) is 27.9 Å². The summed E-state index contributed by atoms with van der Waals surface area (Å²) in [6.07, 6.45) is 1.46. The predicted octanol–water partition coefficient (Wildman–Crippen LogP) is 2.24. The highest BCUT2D eigenvalue weighted by Crippen LogP contribution is 2.24. The number of furan rings is 1. The number of rotatable bonds is 7. The highest BCUT2D eigenvalue weighted by Gasteiger charge is 2.21. The number of ether oxygens (including phenoxy) is 2. The lowest BCUT2D eigenvalue weighted by Crippen LogP contribution is -2.27. The van der Waals surface area contributed by atoms with E-state index in [2.05, 4.69) is 0 Å². The number of aliphatic hydroxyl groups excluding tert-OH is 1. The van der Waals surface area contributed by atoms with E-state index in [0.717, 1.165) is 11.3 Å². The average Bonchev–Trinajstić information content (AvgIpc) is 3.03. The molecule has 0 fully saturated rings. The number of aliphatic hydroxyl groups is 1. The molecule has 0 spiro atoms. The van der Waals surface area contributed by atoms with Gasteiger partial charge in [0.25, 0.3) is 0 Å². The van der Waals surface area contributed by atoms with E-state index in [0.29, 0.717) is 17.9 Å². The highest BCUT2D eigenvalue weighted by molar-refractivity contribution is 5.90. The molecule has 1 unspecified atom stereocenters. The molecule has 1 N–H and O–H groups in total. The fraction of sp³-hybridized carbons (Fsp3) is 0.353. The predicted molar refractivity (Wildman–Crippen MR) is 84.3 cm³/mol. The Bertz CT molecular complexity index is 635. The molecular formula is C17H21NO5. The lowest BCUT2D eigenvalue weighted by atomic mass is 10.1. The number of carbonyl (C=O) groups is 1. The van der Waals surface area contributed by atoms with Gasteiger partial charge in [0.2, 0.25) is 0 Å². The Morgan fingerprint density at radius 1 is 1.26 bits per heavy atom. The van der Waals surface area contributed by atoms with Gasteiger partial charge in [0.05, 0.1) is 39.7 Å². The van der Waals surface area contributed by atoms with Crippen LogP contribution in [-0.2, 0) is 11.3 Å². The molecule has 1 atom stereocenters. The monoisotopic (exact) mass is 319 g/mol. The van der Waals surface area contributed by atoms with E-state index in [1.807, 2.05) is 36.2 Å². The largest absolute Gasteiger partial charge is 0.497 e. The normalized spacial score (nSPS) is 12.2. The van der Waals surface area contributed by atoms with Crippen molar-refractivity contribution in [1.82, 2.24) is 4.90 Å². The van der Waals surface area contributed by atoms with Gasteiger partial charge < -0.3 is 19.0 Å². The minimum Gasteiger partial charge on any atom is -0.497 e. The molecular weight excluding hydrogens is 298 g/mol. The molecule has 1 heterocycles. The van der Waals surface area contributed by atoms with Gasteiger partial charge >= 0.3 is 5.97 Å². The van der Waals surface area contributed by atoms with Crippen LogP contribution >= 0.6 is 0 Å². The molecule has 23 heavy (non-hydrogen) atoms. The molecule has 0 aliphatic heterocycles. The summed E-state index contributed by atoms with van der Waals surface area (Å²) in [5.41, 5.74) is 1.34. The lowest BCUT2D eigenvalue weighted by molar-refractivity contribution is 0.0595. The number of methoxy groups -OCH3 is 2. The highest BCUT2D eigenvalue weighted by atomic mass is 16.5. The van der Waals surface area contributed by atoms with Crippen molar-refractivity contribution in [2.24, 2.45) is 0 Å². The summed E-state index contributed by atoms with van der Waals surface area (Å²) >= 11 is 0. The summed E-state index contributed by atoms with van der Waals surface area (Å²) in [5, 5.41) is 9.73. The average molecular weight is 319 g/mol. The first kappa shape index (κ1) is 17.1. The van der Waals surface area contributed by atoms with Crippen LogP contribution in [0.15, 0.2) is 41.0 Å². The van der Waals surface area contributed by atoms with Crippen molar-refractivity contribution in [3.63, 3.8) is 0 Å². The van der Waals surface area contributed by atoms with E-state index in [4.69, 9.17) is 13.9 Å². The fourth-order valence-corrected chi connectivity index (χ4v) is 2.42. The van der Waals surface area contributed by atoms with Gasteiger partial charge in [-0.1, -0.05) is 12.1 Å². The molecule has 1 aromatic heterocycles. The number of esters is 1. The second-order valence-corrected chi connectivity index (χ2v) is 5.14. The summed E-state index contributed by atoms with van der Waals surface area (Å²) in [4.78, 5) is 13.6. The van der Waals surface area contributed by atoms with Crippen LogP contribution in [0.5, 0.6) is 5.75 Å². The smallest absolute Gasteiger partial charge is 0.341 e. The summed E-state index contributed by atoms with van der Waals surface area (Å²) in [7, 11) is 4.79. The zero-order valence-electron chi connectivity index (χ0n) is 13.5. The summed E-state index contributed by atoms with van der Waals surface area (Å²) in [6.45, 7) is 0.311. The van der Waals surface area contributed by atoms with Gasteiger partial charge in [-0.05, 0) is 30.8 Å². The van der Waals surface area contributed by atoms with Crippen LogP contribution in [0.1, 0.15) is 27.7 Å². The third-order valence-electron chi connectivity index (χ3n) is 3.75. The molecule has 1 aromatic carbocycles. The molecule has 2 aromatic rings. The van der Waals surface area contributed by atoms with Crippen molar-refractivity contribution < 1.29 is 23.8 Å². The molecule has 6 nitrogen and oxygen atoms in total. The van der Waals surface area contributed by atoms with Gasteiger partial charge in [-0.2, -0.15) is 0 Å². The first-order chi connectivity index (χ1) is 11.1. The Labute approximate surface area is 135 Å². The number of carbonyl (C=O) groups excluding carboxylic acids is 1. The number of benzene rings is 1. The van der Waals surface area contributed by atoms with Crippen molar-refractivity contribution in [2.45, 2.75) is 12.6 Å². The minimum absolute atomic E-state index is 0.0584. The van der Waals surface area contributed by atoms with Gasteiger partial charge in [-0.25, -0.2) is 4.79 Å². The van der Waals surface area contributed by atoms with Gasteiger partial charge in [0, 0.05) is 0 Å². The molecule has 124 valence electrons. The summed E-state index contributed by atoms with van der Waals surface area (Å²) in [6, 6.07) is 8.85. The van der Waals surface area contributed by atoms with Gasteiger partial charge in [-0.3, -0.25) is 4.90 Å². The van der Waals surface area contributed by atoms with Crippen molar-refractivity contribution >= 4 is 5.97 Å². The first-order valence-electron chi connectivity index (χ1n) is 7.20. The molecule has 0 saturated carbocycles. The Balaban J connectivity index is 2.15. The summed E-state index contributed by atoms with van der Waals surface area (Å²) < 4.78 is 15.3. The standard InChI is InChI=1S/C17H21NO5/c1-18(10-16-14(8-9-23-16)17(20)22-3)15(11-19)12-4-6-13(21-2)7-5-12/h4-9,15,19H,10-11H2,1-3H3. The number of hydrogen-bond donors (Lipinski definition) is 1. The second-order valence-electron chi connectivity index (χ2n) is 5.14. The van der Waals surface area contributed by atoms with E-state index in [1.165, 1.54) is 13.4 Å². The number of likely N-dealkylation sites (N-methyl/N-ethyl adjacent to an activating group) is 1. The van der Waals surface area contributed by atoms with E-state index >= 15 is 0 Å². The lowest BCUT2D eigenvalue weighted by Gasteiger charge is -2.26. The molecule has 0 radical (unpaired) electrons. The number of hydrogen-bond acceptors (Lipinski definition) is 6. The van der Waals surface area contributed by atoms with Gasteiger partial charge in [0.15, 0.2) is 0 Å². The first-order valence-corrected chi connectivity index (χ1v) is 7.20. The molecule has 6 heteroatoms. The van der Waals surface area contributed by atoms with Crippen molar-refractivity contribution in [3.8, 4) is 5.75 Å². The van der Waals surface area contributed by atoms with Crippen LogP contribution in [0.25, 0.3) is 0 Å². The van der Waals surface area contributed by atoms with Crippen LogP contribution in [0.4, 0.5) is 0 Å². The fourth-order valence-electron chi connectivity index (χ4n) is 2.42. The quantitative estimate of drug-likeness (QED) is 0.789. The molecule has 0 aliphatic carbocycles. The van der Waals surface area contributed by atoms with Gasteiger partial charge in [0.1, 0.15) is 17.1 Å². The van der Waals surface area contributed by atoms with E-state index in [9.17, 15) is 9.90 Å². The Morgan fingerprint density at radius 3 is 2.52 bits per heavy atom. The number of nitrogens with zero attached hydrogens (tertiary/aromatic N) is 1. The maximum Gasteiger partial charge on any atom is 0.341 e. The maximum absolute atomic E-state index is 11.7. The van der Waals surface area contributed by atoms with E-state index in [-0.39, 0.29) is 12.6 Å². The Hall–Kier alpha value is -2.31. The topological polar surface area (TPSA) is 72.1 Å². The second kappa shape index (κ2) is 7.80. The molecule has 0 saturated heterocycles. The Morgan fingerprint density at radius 2 is 1.96 bits per heavy atom. The van der Waals surface area contributed by atoms with Crippen molar-refractivity contribution in [1.29, 1.82) is 0 Å². The van der Waals surface area contributed by atoms with Crippen molar-refractivity contribution in [3.05, 3.63) is 53.5 Å². The Kier molecular flexibility index (Phi) is 5.78. The van der Waals surface area contributed by atoms with Crippen LogP contribution < -0.4 is 4.74 Å². The third-order valence-corrected chi connectivity index (χ3v) is 3.75. The molecule has 2 rings (SSSR count). The summed E-state index contributed by atoms with van der Waals surface area (Å²) in [5.74, 6) is 0.825. The van der Waals surface area contributed by atoms with Crippen LogP contribution in [-0.4, -0.2) is 43.8 Å². The van der Waals surface area contributed by atoms with E-state index < -0.39 is 5.97 Å². The van der Waals surface area contributed by atoms with Crippen LogP contribution in [0, 0.1) is 0 Å². The van der Waals surface area contributed by atoms with Crippen LogP contribution in [0.3, 0.4) is 0 Å². The minimum atomic E-state index is -0.438. The SMILES string of the molecule is COC(=O)c1ccoc1CN(C)C(CO)c1ccc(OC)cc1.